The molecular formula is C18H31N3. The van der Waals surface area contributed by atoms with Crippen LogP contribution in [0.1, 0.15) is 65.1 Å². The van der Waals surface area contributed by atoms with Crippen molar-refractivity contribution in [2.45, 2.75) is 59.4 Å². The maximum absolute atomic E-state index is 4.71. The monoisotopic (exact) mass is 289 g/mol. The second-order valence-corrected chi connectivity index (χ2v) is 7.01. The lowest BCUT2D eigenvalue weighted by atomic mass is 9.82. The van der Waals surface area contributed by atoms with Crippen LogP contribution in [-0.2, 0) is 0 Å². The van der Waals surface area contributed by atoms with Crippen molar-refractivity contribution < 1.29 is 0 Å². The summed E-state index contributed by atoms with van der Waals surface area (Å²) >= 11 is 0. The summed E-state index contributed by atoms with van der Waals surface area (Å²) in [6.07, 6.45) is 6.85. The first-order chi connectivity index (χ1) is 10.1. The van der Waals surface area contributed by atoms with E-state index in [1.165, 1.54) is 24.2 Å². The van der Waals surface area contributed by atoms with Crippen molar-refractivity contribution in [1.82, 2.24) is 10.3 Å². The van der Waals surface area contributed by atoms with Gasteiger partial charge in [0.2, 0.25) is 0 Å². The maximum atomic E-state index is 4.71. The fourth-order valence-corrected chi connectivity index (χ4v) is 2.94. The summed E-state index contributed by atoms with van der Waals surface area (Å²) in [7, 11) is 0. The van der Waals surface area contributed by atoms with Gasteiger partial charge in [0.15, 0.2) is 0 Å². The normalized spacial score (nSPS) is 19.5. The molecule has 0 aromatic carbocycles. The van der Waals surface area contributed by atoms with Crippen LogP contribution in [0.3, 0.4) is 0 Å². The van der Waals surface area contributed by atoms with Gasteiger partial charge in [-0.1, -0.05) is 27.7 Å². The molecule has 2 heterocycles. The van der Waals surface area contributed by atoms with Crippen LogP contribution in [0.25, 0.3) is 0 Å². The molecule has 0 saturated carbocycles. The van der Waals surface area contributed by atoms with Crippen LogP contribution in [0, 0.1) is 5.41 Å². The zero-order chi connectivity index (χ0) is 15.3. The fourth-order valence-electron chi connectivity index (χ4n) is 2.94. The highest BCUT2D eigenvalue weighted by Gasteiger charge is 2.25. The van der Waals surface area contributed by atoms with Crippen LogP contribution in [0.15, 0.2) is 18.3 Å². The molecule has 1 aromatic heterocycles. The highest BCUT2D eigenvalue weighted by Crippen LogP contribution is 2.32. The molecule has 1 saturated heterocycles. The van der Waals surface area contributed by atoms with Gasteiger partial charge in [-0.05, 0) is 49.8 Å². The molecule has 21 heavy (non-hydrogen) atoms. The molecule has 1 N–H and O–H groups in total. The van der Waals surface area contributed by atoms with E-state index in [9.17, 15) is 0 Å². The van der Waals surface area contributed by atoms with Gasteiger partial charge in [-0.3, -0.25) is 4.98 Å². The van der Waals surface area contributed by atoms with Crippen LogP contribution in [0.2, 0.25) is 0 Å². The second kappa shape index (κ2) is 7.26. The number of nitrogens with one attached hydrogen (secondary N) is 1. The van der Waals surface area contributed by atoms with E-state index in [0.29, 0.717) is 11.5 Å². The number of piperidine rings is 1. The van der Waals surface area contributed by atoms with Gasteiger partial charge in [-0.25, -0.2) is 0 Å². The summed E-state index contributed by atoms with van der Waals surface area (Å²) in [5.74, 6) is 0. The molecule has 1 aromatic rings. The molecule has 0 spiro atoms. The van der Waals surface area contributed by atoms with Crippen molar-refractivity contribution in [2.75, 3.05) is 24.5 Å². The Labute approximate surface area is 130 Å². The number of rotatable bonds is 6. The molecule has 0 bridgehead atoms. The van der Waals surface area contributed by atoms with Crippen molar-refractivity contribution in [3.8, 4) is 0 Å². The molecular weight excluding hydrogens is 258 g/mol. The van der Waals surface area contributed by atoms with Crippen molar-refractivity contribution in [3.63, 3.8) is 0 Å². The Balaban J connectivity index is 1.98. The summed E-state index contributed by atoms with van der Waals surface area (Å²) in [4.78, 5) is 7.18. The first-order valence-corrected chi connectivity index (χ1v) is 8.50. The van der Waals surface area contributed by atoms with Gasteiger partial charge in [0.05, 0.1) is 17.6 Å². The maximum Gasteiger partial charge on any atom is 0.0574 e. The van der Waals surface area contributed by atoms with Gasteiger partial charge >= 0.3 is 0 Å². The Morgan fingerprint density at radius 2 is 1.95 bits per heavy atom. The summed E-state index contributed by atoms with van der Waals surface area (Å²) in [5, 5.41) is 3.57. The van der Waals surface area contributed by atoms with Gasteiger partial charge in [0.25, 0.3) is 0 Å². The molecule has 1 fully saturated rings. The fraction of sp³-hybridized carbons (Fsp3) is 0.722. The third-order valence-electron chi connectivity index (χ3n) is 4.66. The Kier molecular flexibility index (Phi) is 5.63. The Morgan fingerprint density at radius 1 is 1.24 bits per heavy atom. The Bertz CT molecular complexity index is 415. The lowest BCUT2D eigenvalue weighted by Gasteiger charge is -2.38. The van der Waals surface area contributed by atoms with Crippen molar-refractivity contribution in [2.24, 2.45) is 5.41 Å². The zero-order valence-corrected chi connectivity index (χ0v) is 14.2. The standard InChI is InChI=1S/C18H31N3/c1-5-11-19-16(6-2)17-8-7-15(14-20-17)21-12-9-18(3,4)10-13-21/h7-8,14,16,19H,5-6,9-13H2,1-4H3. The molecule has 3 nitrogen and oxygen atoms in total. The minimum absolute atomic E-state index is 0.388. The molecule has 0 aliphatic carbocycles. The quantitative estimate of drug-likeness (QED) is 0.852. The molecule has 0 radical (unpaired) electrons. The van der Waals surface area contributed by atoms with Crippen molar-refractivity contribution in [1.29, 1.82) is 0 Å². The van der Waals surface area contributed by atoms with Crippen LogP contribution >= 0.6 is 0 Å². The van der Waals surface area contributed by atoms with Gasteiger partial charge in [-0.15, -0.1) is 0 Å². The molecule has 2 rings (SSSR count). The lowest BCUT2D eigenvalue weighted by Crippen LogP contribution is -2.37. The largest absolute Gasteiger partial charge is 0.370 e. The van der Waals surface area contributed by atoms with E-state index < -0.39 is 0 Å². The van der Waals surface area contributed by atoms with Crippen LogP contribution in [-0.4, -0.2) is 24.6 Å². The number of hydrogen-bond acceptors (Lipinski definition) is 3. The topological polar surface area (TPSA) is 28.2 Å². The summed E-state index contributed by atoms with van der Waals surface area (Å²) in [6, 6.07) is 4.84. The number of pyridine rings is 1. The van der Waals surface area contributed by atoms with Gasteiger partial charge in [0.1, 0.15) is 0 Å². The number of nitrogens with zero attached hydrogens (tertiary/aromatic N) is 2. The first-order valence-electron chi connectivity index (χ1n) is 8.50. The third kappa shape index (κ3) is 4.44. The summed E-state index contributed by atoms with van der Waals surface area (Å²) in [5.41, 5.74) is 2.95. The summed E-state index contributed by atoms with van der Waals surface area (Å²) in [6.45, 7) is 12.5. The third-order valence-corrected chi connectivity index (χ3v) is 4.66. The van der Waals surface area contributed by atoms with E-state index >= 15 is 0 Å². The van der Waals surface area contributed by atoms with Crippen LogP contribution in [0.5, 0.6) is 0 Å². The average Bonchev–Trinajstić information content (AvgIpc) is 2.49. The van der Waals surface area contributed by atoms with E-state index in [1.54, 1.807) is 0 Å². The van der Waals surface area contributed by atoms with Crippen molar-refractivity contribution >= 4 is 5.69 Å². The van der Waals surface area contributed by atoms with E-state index in [4.69, 9.17) is 4.98 Å². The second-order valence-electron chi connectivity index (χ2n) is 7.01. The molecule has 1 unspecified atom stereocenters. The highest BCUT2D eigenvalue weighted by atomic mass is 15.1. The SMILES string of the molecule is CCCNC(CC)c1ccc(N2CCC(C)(C)CC2)cn1. The molecule has 1 aliphatic rings. The smallest absolute Gasteiger partial charge is 0.0574 e. The molecule has 0 amide bonds. The predicted molar refractivity (Wildman–Crippen MR) is 90.8 cm³/mol. The number of aromatic nitrogens is 1. The first kappa shape index (κ1) is 16.3. The molecule has 3 heteroatoms. The number of anilines is 1. The van der Waals surface area contributed by atoms with E-state index in [0.717, 1.165) is 32.5 Å². The molecule has 1 atom stereocenters. The van der Waals surface area contributed by atoms with E-state index in [2.05, 4.69) is 56.2 Å². The van der Waals surface area contributed by atoms with Crippen LogP contribution < -0.4 is 10.2 Å². The molecule has 118 valence electrons. The van der Waals surface area contributed by atoms with Gasteiger partial charge in [-0.2, -0.15) is 0 Å². The minimum atomic E-state index is 0.388. The average molecular weight is 289 g/mol. The molecule has 1 aliphatic heterocycles. The summed E-state index contributed by atoms with van der Waals surface area (Å²) < 4.78 is 0. The number of hydrogen-bond donors (Lipinski definition) is 1. The lowest BCUT2D eigenvalue weighted by molar-refractivity contribution is 0.280. The van der Waals surface area contributed by atoms with Gasteiger partial charge in [0, 0.05) is 19.1 Å². The predicted octanol–water partition coefficient (Wildman–Crippen LogP) is 4.16. The van der Waals surface area contributed by atoms with Crippen LogP contribution in [0.4, 0.5) is 5.69 Å². The zero-order valence-electron chi connectivity index (χ0n) is 14.2. The van der Waals surface area contributed by atoms with Gasteiger partial charge < -0.3 is 10.2 Å². The van der Waals surface area contributed by atoms with Crippen molar-refractivity contribution in [3.05, 3.63) is 24.0 Å². The highest BCUT2D eigenvalue weighted by molar-refractivity contribution is 5.45. The minimum Gasteiger partial charge on any atom is -0.370 e. The van der Waals surface area contributed by atoms with E-state index in [1.807, 2.05) is 0 Å². The Hall–Kier alpha value is -1.09. The Morgan fingerprint density at radius 3 is 2.48 bits per heavy atom. The van der Waals surface area contributed by atoms with E-state index in [-0.39, 0.29) is 0 Å².